The number of rotatable bonds is 5. The summed E-state index contributed by atoms with van der Waals surface area (Å²) in [5.41, 5.74) is 5.71. The molecular formula is C12H21N5O2. The molecule has 2 atom stereocenters. The van der Waals surface area contributed by atoms with Gasteiger partial charge in [-0.15, -0.1) is 0 Å². The number of hydrogen-bond donors (Lipinski definition) is 1. The van der Waals surface area contributed by atoms with Gasteiger partial charge in [0.1, 0.15) is 12.7 Å². The van der Waals surface area contributed by atoms with Crippen LogP contribution in [0.5, 0.6) is 0 Å². The highest BCUT2D eigenvalue weighted by Gasteiger charge is 2.28. The zero-order valence-corrected chi connectivity index (χ0v) is 11.5. The SMILES string of the molecule is Cc1ncc([N+](=O)[O-])n1CCN1CC(CN)CC1C. The molecule has 0 radical (unpaired) electrons. The van der Waals surface area contributed by atoms with Crippen LogP contribution in [0.4, 0.5) is 5.82 Å². The van der Waals surface area contributed by atoms with Gasteiger partial charge in [-0.3, -0.25) is 4.90 Å². The molecule has 1 aliphatic heterocycles. The number of nitro groups is 1. The molecule has 1 fully saturated rings. The Morgan fingerprint density at radius 2 is 2.32 bits per heavy atom. The first-order chi connectivity index (χ1) is 9.02. The fourth-order valence-electron chi connectivity index (χ4n) is 2.81. The molecule has 0 saturated carbocycles. The minimum absolute atomic E-state index is 0.0692. The number of likely N-dealkylation sites (tertiary alicyclic amines) is 1. The molecule has 0 aromatic carbocycles. The van der Waals surface area contributed by atoms with Crippen LogP contribution in [0, 0.1) is 23.0 Å². The van der Waals surface area contributed by atoms with Crippen LogP contribution in [0.2, 0.25) is 0 Å². The zero-order chi connectivity index (χ0) is 14.0. The minimum Gasteiger partial charge on any atom is -0.358 e. The third-order valence-corrected chi connectivity index (χ3v) is 3.96. The second-order valence-corrected chi connectivity index (χ2v) is 5.25. The van der Waals surface area contributed by atoms with Gasteiger partial charge in [-0.2, -0.15) is 0 Å². The van der Waals surface area contributed by atoms with E-state index in [-0.39, 0.29) is 10.7 Å². The molecule has 0 bridgehead atoms. The van der Waals surface area contributed by atoms with Crippen LogP contribution >= 0.6 is 0 Å². The number of nitrogens with zero attached hydrogens (tertiary/aromatic N) is 4. The van der Waals surface area contributed by atoms with Crippen molar-refractivity contribution in [3.63, 3.8) is 0 Å². The fraction of sp³-hybridized carbons (Fsp3) is 0.750. The summed E-state index contributed by atoms with van der Waals surface area (Å²) in [6.07, 6.45) is 2.44. The number of imidazole rings is 1. The molecule has 7 heteroatoms. The van der Waals surface area contributed by atoms with Crippen LogP contribution in [0.3, 0.4) is 0 Å². The second-order valence-electron chi connectivity index (χ2n) is 5.25. The smallest absolute Gasteiger partial charge is 0.342 e. The van der Waals surface area contributed by atoms with Crippen LogP contribution in [0.25, 0.3) is 0 Å². The molecule has 1 aromatic heterocycles. The lowest BCUT2D eigenvalue weighted by atomic mass is 10.1. The number of nitrogens with two attached hydrogens (primary N) is 1. The van der Waals surface area contributed by atoms with Crippen molar-refractivity contribution in [3.8, 4) is 0 Å². The molecule has 0 aliphatic carbocycles. The van der Waals surface area contributed by atoms with Crippen LogP contribution < -0.4 is 5.73 Å². The second kappa shape index (κ2) is 5.66. The predicted octanol–water partition coefficient (Wildman–Crippen LogP) is 0.769. The monoisotopic (exact) mass is 267 g/mol. The molecule has 0 amide bonds. The molecule has 1 aromatic rings. The molecule has 0 spiro atoms. The maximum Gasteiger partial charge on any atom is 0.342 e. The van der Waals surface area contributed by atoms with E-state index in [1.165, 1.54) is 6.20 Å². The lowest BCUT2D eigenvalue weighted by Gasteiger charge is -2.20. The van der Waals surface area contributed by atoms with Crippen LogP contribution in [-0.2, 0) is 6.54 Å². The van der Waals surface area contributed by atoms with E-state index in [0.29, 0.717) is 30.9 Å². The average Bonchev–Trinajstić information content (AvgIpc) is 2.90. The Balaban J connectivity index is 1.99. The lowest BCUT2D eigenvalue weighted by molar-refractivity contribution is -0.392. The van der Waals surface area contributed by atoms with Gasteiger partial charge in [0.2, 0.25) is 0 Å². The molecule has 2 N–H and O–H groups in total. The topological polar surface area (TPSA) is 90.2 Å². The van der Waals surface area contributed by atoms with Crippen molar-refractivity contribution < 1.29 is 4.92 Å². The van der Waals surface area contributed by atoms with E-state index in [4.69, 9.17) is 5.73 Å². The van der Waals surface area contributed by atoms with Crippen molar-refractivity contribution in [2.75, 3.05) is 19.6 Å². The summed E-state index contributed by atoms with van der Waals surface area (Å²) in [5.74, 6) is 1.31. The summed E-state index contributed by atoms with van der Waals surface area (Å²) in [7, 11) is 0. The minimum atomic E-state index is -0.379. The van der Waals surface area contributed by atoms with Crippen LogP contribution in [0.1, 0.15) is 19.2 Å². The van der Waals surface area contributed by atoms with Crippen molar-refractivity contribution in [2.24, 2.45) is 11.7 Å². The third-order valence-electron chi connectivity index (χ3n) is 3.96. The Bertz CT molecular complexity index is 459. The summed E-state index contributed by atoms with van der Waals surface area (Å²) in [4.78, 5) is 16.9. The number of hydrogen-bond acceptors (Lipinski definition) is 5. The van der Waals surface area contributed by atoms with Crippen molar-refractivity contribution >= 4 is 5.82 Å². The highest BCUT2D eigenvalue weighted by atomic mass is 16.6. The van der Waals surface area contributed by atoms with E-state index >= 15 is 0 Å². The van der Waals surface area contributed by atoms with Gasteiger partial charge in [-0.1, -0.05) is 0 Å². The molecule has 106 valence electrons. The summed E-state index contributed by atoms with van der Waals surface area (Å²) in [6, 6.07) is 0.497. The third kappa shape index (κ3) is 2.93. The Labute approximate surface area is 112 Å². The molecule has 2 heterocycles. The summed E-state index contributed by atoms with van der Waals surface area (Å²) in [5, 5.41) is 10.9. The largest absolute Gasteiger partial charge is 0.358 e. The van der Waals surface area contributed by atoms with E-state index in [0.717, 1.165) is 19.5 Å². The van der Waals surface area contributed by atoms with Gasteiger partial charge in [-0.25, -0.2) is 9.55 Å². The van der Waals surface area contributed by atoms with E-state index in [2.05, 4.69) is 16.8 Å². The molecule has 1 saturated heterocycles. The van der Waals surface area contributed by atoms with E-state index in [1.54, 1.807) is 11.5 Å². The van der Waals surface area contributed by atoms with E-state index in [1.807, 2.05) is 0 Å². The Hall–Kier alpha value is -1.47. The van der Waals surface area contributed by atoms with Gasteiger partial charge < -0.3 is 15.8 Å². The highest BCUT2D eigenvalue weighted by molar-refractivity contribution is 5.18. The van der Waals surface area contributed by atoms with E-state index < -0.39 is 0 Å². The van der Waals surface area contributed by atoms with Gasteiger partial charge >= 0.3 is 5.82 Å². The quantitative estimate of drug-likeness (QED) is 0.628. The summed E-state index contributed by atoms with van der Waals surface area (Å²) < 4.78 is 1.67. The Morgan fingerprint density at radius 3 is 2.89 bits per heavy atom. The maximum atomic E-state index is 10.9. The van der Waals surface area contributed by atoms with Crippen molar-refractivity contribution in [1.29, 1.82) is 0 Å². The standard InChI is InChI=1S/C12H21N5O2/c1-9-5-11(6-13)8-15(9)3-4-16-10(2)14-7-12(16)17(18)19/h7,9,11H,3-6,8,13H2,1-2H3. The van der Waals surface area contributed by atoms with Crippen LogP contribution in [-0.4, -0.2) is 45.1 Å². The number of aryl methyl sites for hydroxylation is 1. The zero-order valence-electron chi connectivity index (χ0n) is 11.5. The van der Waals surface area contributed by atoms with Crippen molar-refractivity contribution in [2.45, 2.75) is 32.9 Å². The van der Waals surface area contributed by atoms with Gasteiger partial charge in [0, 0.05) is 26.1 Å². The molecule has 7 nitrogen and oxygen atoms in total. The van der Waals surface area contributed by atoms with Crippen LogP contribution in [0.15, 0.2) is 6.20 Å². The number of aromatic nitrogens is 2. The van der Waals surface area contributed by atoms with E-state index in [9.17, 15) is 10.1 Å². The van der Waals surface area contributed by atoms with Gasteiger partial charge in [0.15, 0.2) is 5.82 Å². The Kier molecular flexibility index (Phi) is 4.16. The Morgan fingerprint density at radius 1 is 1.58 bits per heavy atom. The van der Waals surface area contributed by atoms with Gasteiger partial charge in [0.05, 0.1) is 0 Å². The van der Waals surface area contributed by atoms with Gasteiger partial charge in [0.25, 0.3) is 0 Å². The molecular weight excluding hydrogens is 246 g/mol. The fourth-order valence-corrected chi connectivity index (χ4v) is 2.81. The molecule has 19 heavy (non-hydrogen) atoms. The normalized spacial score (nSPS) is 23.9. The highest BCUT2D eigenvalue weighted by Crippen LogP contribution is 2.22. The summed E-state index contributed by atoms with van der Waals surface area (Å²) in [6.45, 7) is 7.08. The van der Waals surface area contributed by atoms with Crippen molar-refractivity contribution in [3.05, 3.63) is 22.1 Å². The predicted molar refractivity (Wildman–Crippen MR) is 71.8 cm³/mol. The first-order valence-electron chi connectivity index (χ1n) is 6.63. The molecule has 2 rings (SSSR count). The average molecular weight is 267 g/mol. The first-order valence-corrected chi connectivity index (χ1v) is 6.63. The molecule has 1 aliphatic rings. The first kappa shape index (κ1) is 14.0. The maximum absolute atomic E-state index is 10.9. The lowest BCUT2D eigenvalue weighted by Crippen LogP contribution is -2.31. The molecule has 2 unspecified atom stereocenters. The van der Waals surface area contributed by atoms with Crippen molar-refractivity contribution in [1.82, 2.24) is 14.5 Å². The summed E-state index contributed by atoms with van der Waals surface area (Å²) >= 11 is 0. The van der Waals surface area contributed by atoms with Gasteiger partial charge in [-0.05, 0) is 30.7 Å².